The van der Waals surface area contributed by atoms with Crippen LogP contribution in [0, 0.1) is 0 Å². The zero-order valence-corrected chi connectivity index (χ0v) is 29.7. The van der Waals surface area contributed by atoms with Gasteiger partial charge in [-0.15, -0.1) is 0 Å². The first-order valence-electron chi connectivity index (χ1n) is 15.6. The maximum Gasteiger partial charge on any atom is 0.258 e. The average molecular weight is 601 g/mol. The summed E-state index contributed by atoms with van der Waals surface area (Å²) in [5.41, 5.74) is 6.14. The summed E-state index contributed by atoms with van der Waals surface area (Å²) in [6.45, 7) is 22.6. The highest BCUT2D eigenvalue weighted by atomic mass is 28.4. The van der Waals surface area contributed by atoms with Gasteiger partial charge in [-0.3, -0.25) is 0 Å². The fourth-order valence-electron chi connectivity index (χ4n) is 7.25. The molecule has 0 fully saturated rings. The normalized spacial score (nSPS) is 15.4. The van der Waals surface area contributed by atoms with Crippen molar-refractivity contribution >= 4 is 8.32 Å². The number of hydrogen-bond donors (Lipinski definition) is 0. The molecule has 2 aromatic carbocycles. The summed E-state index contributed by atoms with van der Waals surface area (Å²) in [6, 6.07) is 4.34. The lowest BCUT2D eigenvalue weighted by Crippen LogP contribution is -2.51. The van der Waals surface area contributed by atoms with E-state index in [1.54, 1.807) is 28.4 Å². The van der Waals surface area contributed by atoms with Crippen molar-refractivity contribution in [2.24, 2.45) is 0 Å². The standard InChI is InChI=1S/C35H56O6Si/c1-15-16-25-20-27(41-42(21(2)3,22(4)5)23(6)7)30-26(40-35(8,9)10)18-17-24-19-28(36-11)33(38-13)34(39-14)29(24)31(30)32(25)37-12/h19-23,26H,15-18H2,1-14H3. The van der Waals surface area contributed by atoms with E-state index in [-0.39, 0.29) is 11.7 Å². The lowest BCUT2D eigenvalue weighted by Gasteiger charge is -2.43. The molecule has 0 spiro atoms. The summed E-state index contributed by atoms with van der Waals surface area (Å²) in [5.74, 6) is 3.64. The van der Waals surface area contributed by atoms with E-state index in [1.165, 1.54) is 0 Å². The topological polar surface area (TPSA) is 55.4 Å². The van der Waals surface area contributed by atoms with Crippen LogP contribution in [0.25, 0.3) is 11.1 Å². The van der Waals surface area contributed by atoms with Gasteiger partial charge in [0.05, 0.1) is 40.1 Å². The van der Waals surface area contributed by atoms with Crippen LogP contribution in [0.4, 0.5) is 0 Å². The number of aryl methyl sites for hydroxylation is 2. The second kappa shape index (κ2) is 13.5. The van der Waals surface area contributed by atoms with E-state index in [9.17, 15) is 0 Å². The van der Waals surface area contributed by atoms with Crippen molar-refractivity contribution in [3.05, 3.63) is 28.8 Å². The molecule has 7 heteroatoms. The van der Waals surface area contributed by atoms with Crippen molar-refractivity contribution < 1.29 is 28.1 Å². The van der Waals surface area contributed by atoms with Gasteiger partial charge < -0.3 is 28.1 Å². The number of benzene rings is 2. The molecule has 1 atom stereocenters. The van der Waals surface area contributed by atoms with E-state index in [2.05, 4.69) is 81.4 Å². The Morgan fingerprint density at radius 2 is 1.33 bits per heavy atom. The van der Waals surface area contributed by atoms with Crippen molar-refractivity contribution in [1.29, 1.82) is 0 Å². The first kappa shape index (κ1) is 34.1. The summed E-state index contributed by atoms with van der Waals surface area (Å²) in [6.07, 6.45) is 3.18. The third-order valence-electron chi connectivity index (χ3n) is 8.73. The molecule has 1 unspecified atom stereocenters. The fourth-order valence-corrected chi connectivity index (χ4v) is 12.5. The van der Waals surface area contributed by atoms with Crippen molar-refractivity contribution in [1.82, 2.24) is 0 Å². The Labute approximate surface area is 256 Å². The Morgan fingerprint density at radius 3 is 1.79 bits per heavy atom. The van der Waals surface area contributed by atoms with Gasteiger partial charge in [0.25, 0.3) is 8.32 Å². The zero-order valence-electron chi connectivity index (χ0n) is 28.7. The first-order chi connectivity index (χ1) is 19.7. The quantitative estimate of drug-likeness (QED) is 0.226. The molecule has 0 heterocycles. The lowest BCUT2D eigenvalue weighted by molar-refractivity contribution is -0.0649. The fraction of sp³-hybridized carbons (Fsp3) is 0.657. The van der Waals surface area contributed by atoms with Crippen LogP contribution >= 0.6 is 0 Å². The Kier molecular flexibility index (Phi) is 11.0. The van der Waals surface area contributed by atoms with Crippen LogP contribution < -0.4 is 23.4 Å². The second-order valence-corrected chi connectivity index (χ2v) is 18.8. The van der Waals surface area contributed by atoms with E-state index in [0.717, 1.165) is 65.0 Å². The van der Waals surface area contributed by atoms with Crippen LogP contribution in [0.5, 0.6) is 28.7 Å². The van der Waals surface area contributed by atoms with Crippen molar-refractivity contribution in [3.8, 4) is 39.9 Å². The molecular formula is C35H56O6Si. The lowest BCUT2D eigenvalue weighted by atomic mass is 9.89. The number of methoxy groups -OCH3 is 4. The van der Waals surface area contributed by atoms with Crippen molar-refractivity contribution in [2.45, 2.75) is 123 Å². The minimum absolute atomic E-state index is 0.216. The van der Waals surface area contributed by atoms with Gasteiger partial charge in [0.15, 0.2) is 11.5 Å². The Morgan fingerprint density at radius 1 is 0.762 bits per heavy atom. The van der Waals surface area contributed by atoms with Crippen molar-refractivity contribution in [2.75, 3.05) is 28.4 Å². The van der Waals surface area contributed by atoms with E-state index in [4.69, 9.17) is 28.1 Å². The predicted molar refractivity (Wildman–Crippen MR) is 176 cm³/mol. The van der Waals surface area contributed by atoms with Crippen LogP contribution in [0.1, 0.15) is 105 Å². The number of ether oxygens (including phenoxy) is 5. The summed E-state index contributed by atoms with van der Waals surface area (Å²) in [5, 5.41) is 0. The minimum Gasteiger partial charge on any atom is -0.542 e. The Hall–Kier alpha value is -2.38. The van der Waals surface area contributed by atoms with Gasteiger partial charge in [-0.25, -0.2) is 0 Å². The van der Waals surface area contributed by atoms with Gasteiger partial charge in [-0.2, -0.15) is 0 Å². The summed E-state index contributed by atoms with van der Waals surface area (Å²) in [4.78, 5) is 0. The first-order valence-corrected chi connectivity index (χ1v) is 17.8. The molecule has 0 saturated heterocycles. The van der Waals surface area contributed by atoms with E-state index in [0.29, 0.717) is 33.9 Å². The number of fused-ring (bicyclic) bond motifs is 3. The summed E-state index contributed by atoms with van der Waals surface area (Å²) in [7, 11) is 4.46. The molecule has 0 bridgehead atoms. The molecule has 2 aromatic rings. The van der Waals surface area contributed by atoms with Crippen LogP contribution in [0.2, 0.25) is 16.6 Å². The summed E-state index contributed by atoms with van der Waals surface area (Å²) >= 11 is 0. The molecule has 0 radical (unpaired) electrons. The largest absolute Gasteiger partial charge is 0.542 e. The predicted octanol–water partition coefficient (Wildman–Crippen LogP) is 9.70. The molecule has 0 aliphatic heterocycles. The molecule has 0 saturated carbocycles. The smallest absolute Gasteiger partial charge is 0.258 e. The molecule has 1 aliphatic carbocycles. The molecule has 0 aromatic heterocycles. The maximum atomic E-state index is 7.57. The molecule has 3 rings (SSSR count). The van der Waals surface area contributed by atoms with Crippen LogP contribution in [-0.4, -0.2) is 42.4 Å². The number of rotatable bonds is 12. The average Bonchev–Trinajstić information content (AvgIpc) is 3.06. The van der Waals surface area contributed by atoms with Crippen LogP contribution in [0.3, 0.4) is 0 Å². The molecular weight excluding hydrogens is 544 g/mol. The minimum atomic E-state index is -2.32. The highest BCUT2D eigenvalue weighted by Gasteiger charge is 2.48. The Balaban J connectivity index is 2.61. The van der Waals surface area contributed by atoms with Gasteiger partial charge in [0.1, 0.15) is 11.5 Å². The molecule has 42 heavy (non-hydrogen) atoms. The van der Waals surface area contributed by atoms with Gasteiger partial charge >= 0.3 is 0 Å². The molecule has 0 N–H and O–H groups in total. The maximum absolute atomic E-state index is 7.57. The monoisotopic (exact) mass is 600 g/mol. The van der Waals surface area contributed by atoms with Gasteiger partial charge in [-0.05, 0) is 79.9 Å². The summed E-state index contributed by atoms with van der Waals surface area (Å²) < 4.78 is 38.6. The van der Waals surface area contributed by atoms with Crippen LogP contribution in [-0.2, 0) is 17.6 Å². The van der Waals surface area contributed by atoms with Gasteiger partial charge in [-0.1, -0.05) is 54.9 Å². The Bertz CT molecular complexity index is 1210. The number of hydrogen-bond acceptors (Lipinski definition) is 6. The molecule has 0 amide bonds. The van der Waals surface area contributed by atoms with Crippen LogP contribution in [0.15, 0.2) is 12.1 Å². The zero-order chi connectivity index (χ0) is 31.6. The van der Waals surface area contributed by atoms with E-state index < -0.39 is 8.32 Å². The third kappa shape index (κ3) is 6.28. The third-order valence-corrected chi connectivity index (χ3v) is 14.7. The van der Waals surface area contributed by atoms with Crippen molar-refractivity contribution in [3.63, 3.8) is 0 Å². The van der Waals surface area contributed by atoms with E-state index >= 15 is 0 Å². The van der Waals surface area contributed by atoms with Gasteiger partial charge in [0.2, 0.25) is 5.75 Å². The van der Waals surface area contributed by atoms with Gasteiger partial charge in [0, 0.05) is 16.7 Å². The molecule has 1 aliphatic rings. The molecule has 6 nitrogen and oxygen atoms in total. The highest BCUT2D eigenvalue weighted by molar-refractivity contribution is 6.78. The second-order valence-electron chi connectivity index (χ2n) is 13.5. The molecule has 236 valence electrons. The SMILES string of the molecule is CCCc1cc(O[Si](C(C)C)(C(C)C)C(C)C)c2c(c1OC)-c1c(cc(OC)c(OC)c1OC)CCC2OC(C)(C)C. The highest BCUT2D eigenvalue weighted by Crippen LogP contribution is 2.57. The van der Waals surface area contributed by atoms with E-state index in [1.807, 2.05) is 0 Å².